The fourth-order valence-electron chi connectivity index (χ4n) is 3.57. The highest BCUT2D eigenvalue weighted by Crippen LogP contribution is 2.26. The number of hydrogen-bond acceptors (Lipinski definition) is 2. The average molecular weight is 303 g/mol. The third kappa shape index (κ3) is 3.51. The number of nitrogens with zero attached hydrogens (tertiary/aromatic N) is 2. The second kappa shape index (κ2) is 6.99. The van der Waals surface area contributed by atoms with Crippen molar-refractivity contribution in [2.45, 2.75) is 38.5 Å². The van der Waals surface area contributed by atoms with E-state index in [4.69, 9.17) is 0 Å². The van der Waals surface area contributed by atoms with E-state index in [1.165, 1.54) is 12.8 Å². The lowest BCUT2D eigenvalue weighted by Crippen LogP contribution is -2.39. The van der Waals surface area contributed by atoms with E-state index >= 15 is 0 Å². The summed E-state index contributed by atoms with van der Waals surface area (Å²) in [4.78, 5) is 31.8. The van der Waals surface area contributed by atoms with Crippen LogP contribution in [0.15, 0.2) is 18.3 Å². The molecule has 0 spiro atoms. The van der Waals surface area contributed by atoms with Crippen molar-refractivity contribution in [3.63, 3.8) is 0 Å². The van der Waals surface area contributed by atoms with Gasteiger partial charge in [0, 0.05) is 44.0 Å². The van der Waals surface area contributed by atoms with Crippen LogP contribution >= 0.6 is 0 Å². The van der Waals surface area contributed by atoms with Crippen LogP contribution in [-0.4, -0.2) is 52.8 Å². The molecular weight excluding hydrogens is 278 g/mol. The first kappa shape index (κ1) is 15.1. The molecule has 0 bridgehead atoms. The summed E-state index contributed by atoms with van der Waals surface area (Å²) in [5, 5.41) is 0. The number of hydrogen-bond donors (Lipinski definition) is 1. The fourth-order valence-corrected chi connectivity index (χ4v) is 3.57. The molecule has 0 aromatic carbocycles. The Kier molecular flexibility index (Phi) is 4.80. The molecule has 0 unspecified atom stereocenters. The van der Waals surface area contributed by atoms with Gasteiger partial charge in [-0.1, -0.05) is 12.8 Å². The molecule has 1 aromatic rings. The topological polar surface area (TPSA) is 56.4 Å². The van der Waals surface area contributed by atoms with Crippen LogP contribution in [0.2, 0.25) is 0 Å². The van der Waals surface area contributed by atoms with E-state index in [1.807, 2.05) is 28.1 Å². The second-order valence-corrected chi connectivity index (χ2v) is 6.41. The van der Waals surface area contributed by atoms with Gasteiger partial charge in [0.2, 0.25) is 11.8 Å². The van der Waals surface area contributed by atoms with Gasteiger partial charge < -0.3 is 14.8 Å². The molecule has 1 N–H and O–H groups in total. The predicted molar refractivity (Wildman–Crippen MR) is 84.2 cm³/mol. The van der Waals surface area contributed by atoms with Gasteiger partial charge >= 0.3 is 0 Å². The molecule has 1 aromatic heterocycles. The van der Waals surface area contributed by atoms with Crippen molar-refractivity contribution in [1.82, 2.24) is 14.8 Å². The van der Waals surface area contributed by atoms with Crippen molar-refractivity contribution in [2.75, 3.05) is 26.2 Å². The number of nitrogens with one attached hydrogen (secondary N) is 1. The van der Waals surface area contributed by atoms with E-state index in [1.54, 1.807) is 0 Å². The van der Waals surface area contributed by atoms with Crippen LogP contribution in [0.5, 0.6) is 0 Å². The van der Waals surface area contributed by atoms with Gasteiger partial charge in [-0.2, -0.15) is 0 Å². The van der Waals surface area contributed by atoms with E-state index in [0.29, 0.717) is 25.4 Å². The predicted octanol–water partition coefficient (Wildman–Crippen LogP) is 1.81. The van der Waals surface area contributed by atoms with Crippen LogP contribution in [0.4, 0.5) is 0 Å². The zero-order valence-corrected chi connectivity index (χ0v) is 13.1. The first-order chi connectivity index (χ1) is 10.7. The minimum atomic E-state index is 0.151. The normalized spacial score (nSPS) is 20.2. The molecule has 2 fully saturated rings. The summed E-state index contributed by atoms with van der Waals surface area (Å²) in [5.74, 6) is 0.704. The molecule has 1 saturated carbocycles. The van der Waals surface area contributed by atoms with Gasteiger partial charge in [-0.15, -0.1) is 0 Å². The molecule has 5 nitrogen and oxygen atoms in total. The number of carbonyl (C=O) groups is 2. The molecule has 2 aliphatic rings. The van der Waals surface area contributed by atoms with Crippen molar-refractivity contribution < 1.29 is 9.59 Å². The molecule has 120 valence electrons. The molecule has 1 aliphatic heterocycles. The third-order valence-corrected chi connectivity index (χ3v) is 4.87. The lowest BCUT2D eigenvalue weighted by molar-refractivity contribution is -0.136. The molecule has 3 rings (SSSR count). The highest BCUT2D eigenvalue weighted by molar-refractivity contribution is 5.80. The summed E-state index contributed by atoms with van der Waals surface area (Å²) in [5.41, 5.74) is 0.952. The van der Waals surface area contributed by atoms with E-state index in [2.05, 4.69) is 4.98 Å². The number of rotatable bonds is 3. The number of carbonyl (C=O) groups excluding carboxylic acids is 2. The van der Waals surface area contributed by atoms with Crippen LogP contribution in [-0.2, 0) is 16.0 Å². The Balaban J connectivity index is 1.53. The molecule has 5 heteroatoms. The molecule has 0 radical (unpaired) electrons. The van der Waals surface area contributed by atoms with Crippen LogP contribution in [0, 0.1) is 5.92 Å². The summed E-state index contributed by atoms with van der Waals surface area (Å²) in [6, 6.07) is 3.85. The summed E-state index contributed by atoms with van der Waals surface area (Å²) < 4.78 is 0. The number of amides is 2. The first-order valence-electron chi connectivity index (χ1n) is 8.43. The van der Waals surface area contributed by atoms with Gasteiger partial charge in [-0.05, 0) is 31.4 Å². The van der Waals surface area contributed by atoms with Crippen molar-refractivity contribution in [3.8, 4) is 0 Å². The SMILES string of the molecule is O=C(Cc1ccc[nH]1)N1CCCN(C(=O)C2CCCC2)CC1. The standard InChI is InChI=1S/C17H25N3O2/c21-16(13-15-7-3-8-18-15)19-9-4-10-20(12-11-19)17(22)14-5-1-2-6-14/h3,7-8,14,18H,1-2,4-6,9-13H2. The maximum atomic E-state index is 12.5. The Morgan fingerprint density at radius 2 is 1.77 bits per heavy atom. The Bertz CT molecular complexity index is 506. The summed E-state index contributed by atoms with van der Waals surface area (Å²) in [6.45, 7) is 2.90. The van der Waals surface area contributed by atoms with Gasteiger partial charge in [0.05, 0.1) is 6.42 Å². The summed E-state index contributed by atoms with van der Waals surface area (Å²) in [7, 11) is 0. The van der Waals surface area contributed by atoms with Gasteiger partial charge in [0.1, 0.15) is 0 Å². The van der Waals surface area contributed by atoms with Gasteiger partial charge in [-0.3, -0.25) is 9.59 Å². The Morgan fingerprint density at radius 1 is 1.05 bits per heavy atom. The largest absolute Gasteiger partial charge is 0.365 e. The van der Waals surface area contributed by atoms with E-state index < -0.39 is 0 Å². The summed E-state index contributed by atoms with van der Waals surface area (Å²) in [6.07, 6.45) is 7.61. The minimum absolute atomic E-state index is 0.151. The molecule has 22 heavy (non-hydrogen) atoms. The van der Waals surface area contributed by atoms with Crippen LogP contribution in [0.3, 0.4) is 0 Å². The van der Waals surface area contributed by atoms with Crippen LogP contribution in [0.25, 0.3) is 0 Å². The molecule has 0 atom stereocenters. The Hall–Kier alpha value is -1.78. The fraction of sp³-hybridized carbons (Fsp3) is 0.647. The minimum Gasteiger partial charge on any atom is -0.365 e. The van der Waals surface area contributed by atoms with Crippen molar-refractivity contribution in [3.05, 3.63) is 24.0 Å². The molecule has 2 heterocycles. The smallest absolute Gasteiger partial charge is 0.228 e. The second-order valence-electron chi connectivity index (χ2n) is 6.41. The highest BCUT2D eigenvalue weighted by Gasteiger charge is 2.29. The van der Waals surface area contributed by atoms with Crippen molar-refractivity contribution in [1.29, 1.82) is 0 Å². The monoisotopic (exact) mass is 303 g/mol. The number of aromatic nitrogens is 1. The first-order valence-corrected chi connectivity index (χ1v) is 8.43. The Morgan fingerprint density at radius 3 is 2.50 bits per heavy atom. The third-order valence-electron chi connectivity index (χ3n) is 4.87. The number of aromatic amines is 1. The van der Waals surface area contributed by atoms with E-state index in [0.717, 1.165) is 38.0 Å². The Labute approximate surface area is 131 Å². The van der Waals surface area contributed by atoms with Gasteiger partial charge in [0.15, 0.2) is 0 Å². The van der Waals surface area contributed by atoms with E-state index in [9.17, 15) is 9.59 Å². The highest BCUT2D eigenvalue weighted by atomic mass is 16.2. The van der Waals surface area contributed by atoms with Gasteiger partial charge in [0.25, 0.3) is 0 Å². The average Bonchev–Trinajstić information content (AvgIpc) is 3.16. The number of H-pyrrole nitrogens is 1. The zero-order chi connectivity index (χ0) is 15.4. The maximum Gasteiger partial charge on any atom is 0.228 e. The van der Waals surface area contributed by atoms with E-state index in [-0.39, 0.29) is 11.8 Å². The van der Waals surface area contributed by atoms with Crippen LogP contribution < -0.4 is 0 Å². The maximum absolute atomic E-state index is 12.5. The molecule has 2 amide bonds. The van der Waals surface area contributed by atoms with Crippen molar-refractivity contribution in [2.24, 2.45) is 5.92 Å². The zero-order valence-electron chi connectivity index (χ0n) is 13.1. The summed E-state index contributed by atoms with van der Waals surface area (Å²) >= 11 is 0. The molecule has 1 saturated heterocycles. The van der Waals surface area contributed by atoms with Crippen molar-refractivity contribution >= 4 is 11.8 Å². The lowest BCUT2D eigenvalue weighted by atomic mass is 10.1. The van der Waals surface area contributed by atoms with Crippen LogP contribution in [0.1, 0.15) is 37.8 Å². The van der Waals surface area contributed by atoms with Gasteiger partial charge in [-0.25, -0.2) is 0 Å². The quantitative estimate of drug-likeness (QED) is 0.926. The lowest BCUT2D eigenvalue weighted by Gasteiger charge is -2.24. The molecule has 1 aliphatic carbocycles. The molecular formula is C17H25N3O2.